The molecule has 1 fully saturated rings. The van der Waals surface area contributed by atoms with E-state index in [1.807, 2.05) is 0 Å². The topological polar surface area (TPSA) is 45.6 Å². The van der Waals surface area contributed by atoms with Gasteiger partial charge in [0.05, 0.1) is 25.5 Å². The van der Waals surface area contributed by atoms with Crippen LogP contribution in [-0.2, 0) is 4.74 Å². The van der Waals surface area contributed by atoms with Gasteiger partial charge in [0.1, 0.15) is 5.82 Å². The van der Waals surface area contributed by atoms with Crippen molar-refractivity contribution in [3.8, 4) is 0 Å². The van der Waals surface area contributed by atoms with E-state index in [4.69, 9.17) is 9.84 Å². The molecule has 0 radical (unpaired) electrons. The molecule has 0 aromatic carbocycles. The number of halogens is 2. The number of rotatable bonds is 4. The van der Waals surface area contributed by atoms with Crippen molar-refractivity contribution in [2.75, 3.05) is 31.2 Å². The van der Waals surface area contributed by atoms with E-state index in [2.05, 4.69) is 4.98 Å². The molecule has 0 aliphatic carbocycles. The van der Waals surface area contributed by atoms with Crippen molar-refractivity contribution >= 4 is 5.82 Å². The number of nitrogens with zero attached hydrogens (tertiary/aromatic N) is 2. The number of hydrogen-bond donors (Lipinski definition) is 1. The molecule has 1 saturated heterocycles. The zero-order chi connectivity index (χ0) is 13.0. The normalized spacial score (nSPS) is 17.2. The molecule has 100 valence electrons. The third kappa shape index (κ3) is 3.14. The van der Waals surface area contributed by atoms with E-state index in [0.29, 0.717) is 19.7 Å². The molecule has 1 aliphatic rings. The summed E-state index contributed by atoms with van der Waals surface area (Å²) in [6.45, 7) is 1.57. The lowest BCUT2D eigenvalue weighted by molar-refractivity contribution is 0.0157. The maximum absolute atomic E-state index is 13.5. The Morgan fingerprint density at radius 1 is 1.39 bits per heavy atom. The zero-order valence-electron chi connectivity index (χ0n) is 9.98. The van der Waals surface area contributed by atoms with Crippen LogP contribution in [0.2, 0.25) is 0 Å². The summed E-state index contributed by atoms with van der Waals surface area (Å²) in [6.07, 6.45) is 2.61. The van der Waals surface area contributed by atoms with Crippen LogP contribution in [0, 0.1) is 11.6 Å². The average Bonchev–Trinajstić information content (AvgIpc) is 2.37. The quantitative estimate of drug-likeness (QED) is 0.885. The van der Waals surface area contributed by atoms with Crippen molar-refractivity contribution in [2.45, 2.75) is 18.9 Å². The molecule has 1 aliphatic heterocycles. The average molecular weight is 258 g/mol. The highest BCUT2D eigenvalue weighted by Gasteiger charge is 2.22. The first-order chi connectivity index (χ1) is 8.70. The number of aliphatic hydroxyl groups excluding tert-OH is 1. The Labute approximate surface area is 104 Å². The van der Waals surface area contributed by atoms with E-state index >= 15 is 0 Å². The van der Waals surface area contributed by atoms with Crippen LogP contribution >= 0.6 is 0 Å². The van der Waals surface area contributed by atoms with Gasteiger partial charge >= 0.3 is 0 Å². The molecule has 1 N–H and O–H groups in total. The molecule has 6 heteroatoms. The minimum Gasteiger partial charge on any atom is -0.394 e. The van der Waals surface area contributed by atoms with Gasteiger partial charge in [-0.05, 0) is 12.8 Å². The highest BCUT2D eigenvalue weighted by Crippen LogP contribution is 2.22. The van der Waals surface area contributed by atoms with Crippen molar-refractivity contribution in [3.63, 3.8) is 0 Å². The summed E-state index contributed by atoms with van der Waals surface area (Å²) in [5, 5.41) is 8.66. The molecular weight excluding hydrogens is 242 g/mol. The van der Waals surface area contributed by atoms with Gasteiger partial charge < -0.3 is 14.7 Å². The highest BCUT2D eigenvalue weighted by molar-refractivity contribution is 5.40. The van der Waals surface area contributed by atoms with Gasteiger partial charge in [-0.2, -0.15) is 0 Å². The highest BCUT2D eigenvalue weighted by atomic mass is 19.1. The number of piperidine rings is 1. The molecule has 4 nitrogen and oxygen atoms in total. The maximum Gasteiger partial charge on any atom is 0.168 e. The SMILES string of the molecule is OCCOC1CCN(c2ncc(F)cc2F)CC1. The fraction of sp³-hybridized carbons (Fsp3) is 0.583. The third-order valence-corrected chi connectivity index (χ3v) is 2.97. The summed E-state index contributed by atoms with van der Waals surface area (Å²) in [6, 6.07) is 0.844. The van der Waals surface area contributed by atoms with Gasteiger partial charge in [0.25, 0.3) is 0 Å². The van der Waals surface area contributed by atoms with Crippen molar-refractivity contribution < 1.29 is 18.6 Å². The molecule has 0 atom stereocenters. The fourth-order valence-electron chi connectivity index (χ4n) is 2.09. The lowest BCUT2D eigenvalue weighted by Gasteiger charge is -2.32. The number of anilines is 1. The first-order valence-corrected chi connectivity index (χ1v) is 5.99. The summed E-state index contributed by atoms with van der Waals surface area (Å²) in [4.78, 5) is 5.57. The molecule has 1 aromatic rings. The van der Waals surface area contributed by atoms with Crippen molar-refractivity contribution in [1.29, 1.82) is 0 Å². The van der Waals surface area contributed by atoms with Crippen LogP contribution in [0.25, 0.3) is 0 Å². The number of ether oxygens (including phenoxy) is 1. The number of pyridine rings is 1. The van der Waals surface area contributed by atoms with Gasteiger partial charge in [0.15, 0.2) is 11.6 Å². The Kier molecular flexibility index (Phi) is 4.43. The molecule has 0 amide bonds. The number of aliphatic hydroxyl groups is 1. The molecule has 0 unspecified atom stereocenters. The zero-order valence-corrected chi connectivity index (χ0v) is 9.98. The van der Waals surface area contributed by atoms with Gasteiger partial charge in [-0.25, -0.2) is 13.8 Å². The Morgan fingerprint density at radius 3 is 2.72 bits per heavy atom. The molecule has 0 bridgehead atoms. The molecule has 2 heterocycles. The van der Waals surface area contributed by atoms with Gasteiger partial charge in [0.2, 0.25) is 0 Å². The summed E-state index contributed by atoms with van der Waals surface area (Å²) in [5.41, 5.74) is 0. The molecule has 18 heavy (non-hydrogen) atoms. The summed E-state index contributed by atoms with van der Waals surface area (Å²) in [7, 11) is 0. The molecular formula is C12H16F2N2O2. The Balaban J connectivity index is 1.93. The summed E-state index contributed by atoms with van der Waals surface area (Å²) in [5.74, 6) is -1.11. The fourth-order valence-corrected chi connectivity index (χ4v) is 2.09. The first-order valence-electron chi connectivity index (χ1n) is 5.99. The monoisotopic (exact) mass is 258 g/mol. The van der Waals surface area contributed by atoms with Crippen LogP contribution < -0.4 is 4.90 Å². The maximum atomic E-state index is 13.5. The van der Waals surface area contributed by atoms with Crippen LogP contribution in [0.5, 0.6) is 0 Å². The van der Waals surface area contributed by atoms with Crippen LogP contribution in [-0.4, -0.2) is 42.5 Å². The minimum absolute atomic E-state index is 0.00829. The third-order valence-electron chi connectivity index (χ3n) is 2.97. The van der Waals surface area contributed by atoms with Crippen molar-refractivity contribution in [2.24, 2.45) is 0 Å². The first kappa shape index (κ1) is 13.2. The standard InChI is InChI=1S/C12H16F2N2O2/c13-9-7-11(14)12(15-8-9)16-3-1-10(2-4-16)18-6-5-17/h7-8,10,17H,1-6H2. The van der Waals surface area contributed by atoms with Gasteiger partial charge in [-0.3, -0.25) is 0 Å². The second-order valence-corrected chi connectivity index (χ2v) is 4.24. The second-order valence-electron chi connectivity index (χ2n) is 4.24. The van der Waals surface area contributed by atoms with E-state index in [1.165, 1.54) is 0 Å². The Bertz CT molecular complexity index is 396. The van der Waals surface area contributed by atoms with Crippen molar-refractivity contribution in [3.05, 3.63) is 23.9 Å². The summed E-state index contributed by atoms with van der Waals surface area (Å²) >= 11 is 0. The van der Waals surface area contributed by atoms with E-state index in [1.54, 1.807) is 4.90 Å². The lowest BCUT2D eigenvalue weighted by atomic mass is 10.1. The second kappa shape index (κ2) is 6.06. The van der Waals surface area contributed by atoms with E-state index in [-0.39, 0.29) is 18.5 Å². The molecule has 0 saturated carbocycles. The van der Waals surface area contributed by atoms with Gasteiger partial charge in [-0.1, -0.05) is 0 Å². The van der Waals surface area contributed by atoms with E-state index in [0.717, 1.165) is 25.1 Å². The largest absolute Gasteiger partial charge is 0.394 e. The Hall–Kier alpha value is -1.27. The Morgan fingerprint density at radius 2 is 2.11 bits per heavy atom. The van der Waals surface area contributed by atoms with Gasteiger partial charge in [0, 0.05) is 19.2 Å². The van der Waals surface area contributed by atoms with Gasteiger partial charge in [-0.15, -0.1) is 0 Å². The molecule has 1 aromatic heterocycles. The van der Waals surface area contributed by atoms with E-state index < -0.39 is 11.6 Å². The molecule has 0 spiro atoms. The van der Waals surface area contributed by atoms with Crippen LogP contribution in [0.4, 0.5) is 14.6 Å². The van der Waals surface area contributed by atoms with Crippen molar-refractivity contribution in [1.82, 2.24) is 4.98 Å². The summed E-state index contributed by atoms with van der Waals surface area (Å²) < 4.78 is 31.7. The van der Waals surface area contributed by atoms with Crippen LogP contribution in [0.3, 0.4) is 0 Å². The van der Waals surface area contributed by atoms with Crippen LogP contribution in [0.15, 0.2) is 12.3 Å². The molecule has 2 rings (SSSR count). The predicted octanol–water partition coefficient (Wildman–Crippen LogP) is 1.34. The van der Waals surface area contributed by atoms with E-state index in [9.17, 15) is 8.78 Å². The minimum atomic E-state index is -0.669. The smallest absolute Gasteiger partial charge is 0.168 e. The number of aromatic nitrogens is 1. The lowest BCUT2D eigenvalue weighted by Crippen LogP contribution is -2.38. The predicted molar refractivity (Wildman–Crippen MR) is 62.4 cm³/mol. The van der Waals surface area contributed by atoms with Crippen LogP contribution in [0.1, 0.15) is 12.8 Å². The number of hydrogen-bond acceptors (Lipinski definition) is 4.